The number of benzene rings is 2. The molecule has 0 aliphatic heterocycles. The van der Waals surface area contributed by atoms with Gasteiger partial charge in [-0.05, 0) is 82.3 Å². The van der Waals surface area contributed by atoms with Crippen molar-refractivity contribution in [2.75, 3.05) is 0 Å². The van der Waals surface area contributed by atoms with Crippen LogP contribution in [0.1, 0.15) is 107 Å². The number of hydrogen-bond acceptors (Lipinski definition) is 8. The van der Waals surface area contributed by atoms with E-state index in [0.29, 0.717) is 34.4 Å². The first-order valence-corrected chi connectivity index (χ1v) is 22.0. The van der Waals surface area contributed by atoms with Crippen molar-refractivity contribution >= 4 is 54.8 Å². The number of rotatable bonds is 9. The molecule has 2 aliphatic rings. The van der Waals surface area contributed by atoms with Gasteiger partial charge < -0.3 is 8.83 Å². The van der Waals surface area contributed by atoms with Crippen LogP contribution in [-0.4, -0.2) is 11.6 Å². The molecule has 60 heavy (non-hydrogen) atoms. The number of carbonyl (C=O) groups is 2. The summed E-state index contributed by atoms with van der Waals surface area (Å²) in [6.07, 6.45) is 8.13. The van der Waals surface area contributed by atoms with Crippen molar-refractivity contribution in [3.63, 3.8) is 0 Å². The van der Waals surface area contributed by atoms with E-state index in [1.165, 1.54) is 0 Å². The van der Waals surface area contributed by atoms with Gasteiger partial charge in [-0.1, -0.05) is 151 Å². The third-order valence-electron chi connectivity index (χ3n) is 10.7. The number of furan rings is 2. The van der Waals surface area contributed by atoms with Gasteiger partial charge in [-0.25, -0.2) is 0 Å². The highest BCUT2D eigenvalue weighted by Gasteiger charge is 2.40. The molecule has 2 aromatic carbocycles. The SMILES string of the molecule is CC(C)(C)C1=CC(C(N=Nc2cccc(Br)c2)c2ccc(-c3ccc(C(N=Nc4cccc(Br)c4)C4C=C(C(C)(C)C)C(=O)C(C(C)(C)C)=C4)o3)o2)C=C(C(C)(C)C)C1=O. The van der Waals surface area contributed by atoms with E-state index in [9.17, 15) is 9.59 Å². The van der Waals surface area contributed by atoms with Crippen LogP contribution in [0.4, 0.5) is 11.4 Å². The van der Waals surface area contributed by atoms with Crippen molar-refractivity contribution in [3.05, 3.63) is 140 Å². The average Bonchev–Trinajstić information content (AvgIpc) is 3.82. The first kappa shape index (κ1) is 45.0. The lowest BCUT2D eigenvalue weighted by Crippen LogP contribution is -2.30. The molecule has 0 spiro atoms. The summed E-state index contributed by atoms with van der Waals surface area (Å²) in [5, 5.41) is 19.2. The summed E-state index contributed by atoms with van der Waals surface area (Å²) in [5.41, 5.74) is 2.75. The minimum atomic E-state index is -0.594. The Kier molecular flexibility index (Phi) is 12.8. The largest absolute Gasteiger partial charge is 0.455 e. The van der Waals surface area contributed by atoms with Gasteiger partial charge in [-0.15, -0.1) is 0 Å². The standard InChI is InChI=1S/C50H56Br2N4O4/c1-47(2,3)35-23-29(24-36(45(35)57)48(4,5)6)43(55-53-33-17-13-15-31(51)27-33)41-21-19-39(59-41)40-20-22-42(60-40)44(56-54-34-18-14-16-32(52)28-34)30-25-37(49(7,8)9)46(58)38(26-30)50(10,11)12/h13-30,43-44H,1-12H3. The zero-order valence-electron chi connectivity index (χ0n) is 36.7. The molecule has 10 heteroatoms. The molecule has 2 aliphatic carbocycles. The molecule has 2 atom stereocenters. The Morgan fingerprint density at radius 3 is 1.08 bits per heavy atom. The third kappa shape index (κ3) is 10.3. The highest BCUT2D eigenvalue weighted by atomic mass is 79.9. The van der Waals surface area contributed by atoms with Crippen LogP contribution in [0.25, 0.3) is 11.5 Å². The average molecular weight is 937 g/mol. The Morgan fingerprint density at radius 2 is 0.800 bits per heavy atom. The summed E-state index contributed by atoms with van der Waals surface area (Å²) in [6.45, 7) is 24.8. The smallest absolute Gasteiger partial charge is 0.185 e. The number of carbonyl (C=O) groups excluding carboxylic acids is 2. The summed E-state index contributed by atoms with van der Waals surface area (Å²) < 4.78 is 15.1. The first-order chi connectivity index (χ1) is 27.9. The van der Waals surface area contributed by atoms with Crippen molar-refractivity contribution < 1.29 is 18.4 Å². The van der Waals surface area contributed by atoms with Crippen LogP contribution < -0.4 is 0 Å². The van der Waals surface area contributed by atoms with E-state index in [0.717, 1.165) is 31.2 Å². The molecule has 6 rings (SSSR count). The molecule has 0 saturated carbocycles. The molecule has 0 amide bonds. The van der Waals surface area contributed by atoms with Crippen LogP contribution in [0.5, 0.6) is 0 Å². The number of ketones is 2. The number of halogens is 2. The molecular formula is C50H56Br2N4O4. The Morgan fingerprint density at radius 1 is 0.483 bits per heavy atom. The monoisotopic (exact) mass is 934 g/mol. The topological polar surface area (TPSA) is 110 Å². The number of allylic oxidation sites excluding steroid dienone is 4. The molecule has 0 fully saturated rings. The fourth-order valence-electron chi connectivity index (χ4n) is 7.46. The maximum atomic E-state index is 13.9. The molecular weight excluding hydrogens is 880 g/mol. The van der Waals surface area contributed by atoms with Gasteiger partial charge in [0.15, 0.2) is 23.1 Å². The minimum Gasteiger partial charge on any atom is -0.455 e. The van der Waals surface area contributed by atoms with Crippen LogP contribution >= 0.6 is 31.9 Å². The lowest BCUT2D eigenvalue weighted by molar-refractivity contribution is -0.115. The number of nitrogens with zero attached hydrogens (tertiary/aromatic N) is 4. The molecule has 4 aromatic rings. The van der Waals surface area contributed by atoms with Crippen LogP contribution in [-0.2, 0) is 9.59 Å². The van der Waals surface area contributed by atoms with Crippen molar-refractivity contribution in [1.29, 1.82) is 0 Å². The van der Waals surface area contributed by atoms with E-state index in [4.69, 9.17) is 19.1 Å². The Bertz CT molecular complexity index is 2230. The summed E-state index contributed by atoms with van der Waals surface area (Å²) in [5.74, 6) is 1.62. The molecule has 2 unspecified atom stereocenters. The number of azo groups is 2. The van der Waals surface area contributed by atoms with E-state index in [1.807, 2.05) is 97.1 Å². The summed E-state index contributed by atoms with van der Waals surface area (Å²) >= 11 is 7.10. The van der Waals surface area contributed by atoms with Crippen molar-refractivity contribution in [1.82, 2.24) is 0 Å². The van der Waals surface area contributed by atoms with Crippen LogP contribution in [0.2, 0.25) is 0 Å². The highest BCUT2D eigenvalue weighted by molar-refractivity contribution is 9.10. The molecule has 8 nitrogen and oxygen atoms in total. The van der Waals surface area contributed by atoms with Gasteiger partial charge in [0.25, 0.3) is 0 Å². The first-order valence-electron chi connectivity index (χ1n) is 20.4. The van der Waals surface area contributed by atoms with Gasteiger partial charge in [0.05, 0.1) is 11.4 Å². The minimum absolute atomic E-state index is 0.0556. The van der Waals surface area contributed by atoms with Crippen LogP contribution in [0.15, 0.2) is 158 Å². The van der Waals surface area contributed by atoms with Crippen LogP contribution in [0, 0.1) is 33.5 Å². The van der Waals surface area contributed by atoms with Crippen molar-refractivity contribution in [2.24, 2.45) is 54.0 Å². The van der Waals surface area contributed by atoms with Gasteiger partial charge in [0, 0.05) is 43.1 Å². The van der Waals surface area contributed by atoms with E-state index >= 15 is 0 Å². The molecule has 0 bridgehead atoms. The van der Waals surface area contributed by atoms with Gasteiger partial charge >= 0.3 is 0 Å². The molecule has 0 N–H and O–H groups in total. The van der Waals surface area contributed by atoms with Crippen molar-refractivity contribution in [3.8, 4) is 11.5 Å². The van der Waals surface area contributed by atoms with E-state index in [-0.39, 0.29) is 23.4 Å². The maximum absolute atomic E-state index is 13.9. The molecule has 314 valence electrons. The summed E-state index contributed by atoms with van der Waals surface area (Å²) in [6, 6.07) is 21.7. The maximum Gasteiger partial charge on any atom is 0.185 e. The Labute approximate surface area is 371 Å². The van der Waals surface area contributed by atoms with Crippen molar-refractivity contribution in [2.45, 2.75) is 95.2 Å². The predicted octanol–water partition coefficient (Wildman–Crippen LogP) is 16.0. The van der Waals surface area contributed by atoms with Gasteiger partial charge in [0.1, 0.15) is 23.6 Å². The fraction of sp³-hybridized carbons (Fsp3) is 0.400. The van der Waals surface area contributed by atoms with E-state index in [1.54, 1.807) is 0 Å². The highest BCUT2D eigenvalue weighted by Crippen LogP contribution is 2.46. The quantitative estimate of drug-likeness (QED) is 0.156. The molecule has 2 heterocycles. The zero-order chi connectivity index (χ0) is 43.9. The molecule has 0 saturated heterocycles. The molecule has 2 aromatic heterocycles. The third-order valence-corrected chi connectivity index (χ3v) is 11.7. The number of hydrogen-bond donors (Lipinski definition) is 0. The fourth-order valence-corrected chi connectivity index (χ4v) is 8.23. The van der Waals surface area contributed by atoms with Gasteiger partial charge in [0.2, 0.25) is 0 Å². The second kappa shape index (κ2) is 17.1. The summed E-state index contributed by atoms with van der Waals surface area (Å²) in [7, 11) is 0. The Balaban J connectivity index is 1.45. The second-order valence-electron chi connectivity index (χ2n) is 19.8. The van der Waals surface area contributed by atoms with Gasteiger partial charge in [-0.3, -0.25) is 9.59 Å². The zero-order valence-corrected chi connectivity index (χ0v) is 39.9. The normalized spacial score (nSPS) is 17.6. The van der Waals surface area contributed by atoms with Gasteiger partial charge in [-0.2, -0.15) is 20.5 Å². The summed E-state index contributed by atoms with van der Waals surface area (Å²) in [4.78, 5) is 27.8. The second-order valence-corrected chi connectivity index (χ2v) is 21.7. The van der Waals surface area contributed by atoms with Crippen LogP contribution in [0.3, 0.4) is 0 Å². The lowest BCUT2D eigenvalue weighted by Gasteiger charge is -2.34. The number of Topliss-reactive ketones (excluding diaryl/α,β-unsaturated/α-hetero) is 2. The lowest BCUT2D eigenvalue weighted by atomic mass is 9.70. The predicted molar refractivity (Wildman–Crippen MR) is 246 cm³/mol. The molecule has 0 radical (unpaired) electrons. The Hall–Kier alpha value is -4.54. The van der Waals surface area contributed by atoms with E-state index < -0.39 is 33.7 Å². The van der Waals surface area contributed by atoms with E-state index in [2.05, 4.69) is 125 Å².